The molecule has 3 atom stereocenters. The fraction of sp³-hybridized carbons (Fsp3) is 0.750. The lowest BCUT2D eigenvalue weighted by molar-refractivity contribution is 0.0879. The summed E-state index contributed by atoms with van der Waals surface area (Å²) < 4.78 is 0. The van der Waals surface area contributed by atoms with Gasteiger partial charge in [-0.2, -0.15) is 0 Å². The van der Waals surface area contributed by atoms with Crippen molar-refractivity contribution in [2.45, 2.75) is 102 Å². The van der Waals surface area contributed by atoms with Gasteiger partial charge in [0.2, 0.25) is 0 Å². The van der Waals surface area contributed by atoms with Crippen LogP contribution in [0.15, 0.2) is 18.2 Å². The van der Waals surface area contributed by atoms with Crippen LogP contribution < -0.4 is 0 Å². The van der Waals surface area contributed by atoms with Crippen LogP contribution in [-0.4, -0.2) is 28.0 Å². The maximum absolute atomic E-state index is 10.8. The number of phenolic OH excluding ortho intramolecular Hbond substituents is 1. The summed E-state index contributed by atoms with van der Waals surface area (Å²) in [7, 11) is 0. The lowest BCUT2D eigenvalue weighted by Crippen LogP contribution is -2.27. The Balaban J connectivity index is 2.13. The number of aromatic hydroxyl groups is 1. The number of rotatable bonds is 10. The zero-order valence-corrected chi connectivity index (χ0v) is 17.6. The van der Waals surface area contributed by atoms with Crippen molar-refractivity contribution in [3.63, 3.8) is 0 Å². The SMILES string of the molecule is CCCCCCC(C)(C)c1ccc([C@H]2C[C@@H](O)CCC2CCCO)c(O)c1. The van der Waals surface area contributed by atoms with Crippen LogP contribution in [0.4, 0.5) is 0 Å². The van der Waals surface area contributed by atoms with Crippen LogP contribution in [0.2, 0.25) is 0 Å². The highest BCUT2D eigenvalue weighted by molar-refractivity contribution is 5.42. The van der Waals surface area contributed by atoms with Crippen LogP contribution in [0.1, 0.15) is 102 Å². The van der Waals surface area contributed by atoms with Gasteiger partial charge in [-0.05, 0) is 73.0 Å². The second kappa shape index (κ2) is 10.5. The summed E-state index contributed by atoms with van der Waals surface area (Å²) in [5.41, 5.74) is 2.23. The van der Waals surface area contributed by atoms with Crippen LogP contribution in [-0.2, 0) is 5.41 Å². The maximum Gasteiger partial charge on any atom is 0.119 e. The fourth-order valence-corrected chi connectivity index (χ4v) is 4.71. The average Bonchev–Trinajstić information content (AvgIpc) is 2.64. The summed E-state index contributed by atoms with van der Waals surface area (Å²) in [5.74, 6) is 0.989. The standard InChI is InChI=1S/C24H40O3/c1-4-5-6-7-14-24(2,3)19-11-13-21(23(27)16-19)22-17-20(26)12-10-18(22)9-8-15-25/h11,13,16,18,20,22,25-27H,4-10,12,14-15,17H2,1-3H3/t18?,20-,22-/m0/s1. The van der Waals surface area contributed by atoms with Crippen molar-refractivity contribution in [1.29, 1.82) is 0 Å². The van der Waals surface area contributed by atoms with E-state index in [1.165, 1.54) is 31.2 Å². The molecule has 0 bridgehead atoms. The number of unbranched alkanes of at least 4 members (excludes halogenated alkanes) is 3. The molecule has 3 nitrogen and oxygen atoms in total. The predicted molar refractivity (Wildman–Crippen MR) is 112 cm³/mol. The third-order valence-corrected chi connectivity index (χ3v) is 6.57. The number of aliphatic hydroxyl groups is 2. The zero-order chi connectivity index (χ0) is 19.9. The Morgan fingerprint density at radius 1 is 1.07 bits per heavy atom. The number of hydrogen-bond donors (Lipinski definition) is 3. The molecule has 0 spiro atoms. The van der Waals surface area contributed by atoms with Gasteiger partial charge in [0.25, 0.3) is 0 Å². The van der Waals surface area contributed by atoms with E-state index in [1.54, 1.807) is 0 Å². The molecule has 27 heavy (non-hydrogen) atoms. The Bertz CT molecular complexity index is 565. The fourth-order valence-electron chi connectivity index (χ4n) is 4.71. The quantitative estimate of drug-likeness (QED) is 0.462. The van der Waals surface area contributed by atoms with E-state index in [9.17, 15) is 15.3 Å². The highest BCUT2D eigenvalue weighted by Gasteiger charge is 2.32. The molecule has 0 amide bonds. The molecule has 2 rings (SSSR count). The molecule has 3 N–H and O–H groups in total. The van der Waals surface area contributed by atoms with Crippen molar-refractivity contribution in [3.8, 4) is 5.75 Å². The number of phenols is 1. The Morgan fingerprint density at radius 2 is 1.85 bits per heavy atom. The summed E-state index contributed by atoms with van der Waals surface area (Å²) in [6.45, 7) is 6.98. The third-order valence-electron chi connectivity index (χ3n) is 6.57. The molecule has 1 aliphatic rings. The van der Waals surface area contributed by atoms with E-state index in [1.807, 2.05) is 6.07 Å². The predicted octanol–water partition coefficient (Wildman–Crippen LogP) is 5.66. The molecular formula is C24H40O3. The van der Waals surface area contributed by atoms with Crippen LogP contribution >= 0.6 is 0 Å². The molecule has 0 aliphatic heterocycles. The molecule has 1 saturated carbocycles. The summed E-state index contributed by atoms with van der Waals surface area (Å²) in [4.78, 5) is 0. The minimum Gasteiger partial charge on any atom is -0.508 e. The first-order chi connectivity index (χ1) is 12.9. The van der Waals surface area contributed by atoms with E-state index >= 15 is 0 Å². The van der Waals surface area contributed by atoms with E-state index in [-0.39, 0.29) is 24.0 Å². The van der Waals surface area contributed by atoms with E-state index < -0.39 is 0 Å². The summed E-state index contributed by atoms with van der Waals surface area (Å²) in [5, 5.41) is 30.2. The molecule has 1 fully saturated rings. The van der Waals surface area contributed by atoms with Gasteiger partial charge in [0, 0.05) is 6.61 Å². The number of hydrogen-bond acceptors (Lipinski definition) is 3. The Labute approximate surface area is 165 Å². The van der Waals surface area contributed by atoms with E-state index in [0.29, 0.717) is 18.1 Å². The molecular weight excluding hydrogens is 336 g/mol. The molecule has 0 radical (unpaired) electrons. The van der Waals surface area contributed by atoms with Crippen LogP contribution in [0.3, 0.4) is 0 Å². The maximum atomic E-state index is 10.8. The molecule has 1 aromatic rings. The van der Waals surface area contributed by atoms with Gasteiger partial charge < -0.3 is 15.3 Å². The molecule has 0 heterocycles. The van der Waals surface area contributed by atoms with Gasteiger partial charge in [-0.1, -0.05) is 58.6 Å². The molecule has 154 valence electrons. The molecule has 1 aromatic carbocycles. The largest absolute Gasteiger partial charge is 0.508 e. The zero-order valence-electron chi connectivity index (χ0n) is 17.6. The average molecular weight is 377 g/mol. The summed E-state index contributed by atoms with van der Waals surface area (Å²) in [6.07, 6.45) is 10.1. The normalized spacial score (nSPS) is 23.5. The molecule has 0 aromatic heterocycles. The van der Waals surface area contributed by atoms with Crippen molar-refractivity contribution in [2.75, 3.05) is 6.61 Å². The van der Waals surface area contributed by atoms with Crippen molar-refractivity contribution >= 4 is 0 Å². The first-order valence-corrected chi connectivity index (χ1v) is 11.0. The van der Waals surface area contributed by atoms with Gasteiger partial charge >= 0.3 is 0 Å². The number of aliphatic hydroxyl groups excluding tert-OH is 2. The van der Waals surface area contributed by atoms with Crippen LogP contribution in [0, 0.1) is 5.92 Å². The van der Waals surface area contributed by atoms with E-state index in [4.69, 9.17) is 0 Å². The van der Waals surface area contributed by atoms with Crippen molar-refractivity contribution < 1.29 is 15.3 Å². The van der Waals surface area contributed by atoms with E-state index in [2.05, 4.69) is 32.9 Å². The van der Waals surface area contributed by atoms with Crippen molar-refractivity contribution in [1.82, 2.24) is 0 Å². The molecule has 1 unspecified atom stereocenters. The smallest absolute Gasteiger partial charge is 0.119 e. The lowest BCUT2D eigenvalue weighted by atomic mass is 9.71. The monoisotopic (exact) mass is 376 g/mol. The third kappa shape index (κ3) is 6.22. The molecule has 3 heteroatoms. The van der Waals surface area contributed by atoms with Gasteiger partial charge in [0.05, 0.1) is 6.10 Å². The van der Waals surface area contributed by atoms with Crippen LogP contribution in [0.5, 0.6) is 5.75 Å². The minimum absolute atomic E-state index is 0.0616. The molecule has 1 aliphatic carbocycles. The molecule has 0 saturated heterocycles. The summed E-state index contributed by atoms with van der Waals surface area (Å²) >= 11 is 0. The second-order valence-corrected chi connectivity index (χ2v) is 9.17. The minimum atomic E-state index is -0.283. The number of benzene rings is 1. The Kier molecular flexibility index (Phi) is 8.62. The van der Waals surface area contributed by atoms with Gasteiger partial charge in [-0.25, -0.2) is 0 Å². The van der Waals surface area contributed by atoms with Gasteiger partial charge in [0.15, 0.2) is 0 Å². The van der Waals surface area contributed by atoms with Crippen molar-refractivity contribution in [2.24, 2.45) is 5.92 Å². The highest BCUT2D eigenvalue weighted by atomic mass is 16.3. The van der Waals surface area contributed by atoms with Gasteiger partial charge in [-0.3, -0.25) is 0 Å². The topological polar surface area (TPSA) is 60.7 Å². The Morgan fingerprint density at radius 3 is 2.52 bits per heavy atom. The lowest BCUT2D eigenvalue weighted by Gasteiger charge is -2.35. The van der Waals surface area contributed by atoms with E-state index in [0.717, 1.165) is 37.7 Å². The van der Waals surface area contributed by atoms with Crippen LogP contribution in [0.25, 0.3) is 0 Å². The second-order valence-electron chi connectivity index (χ2n) is 9.17. The summed E-state index contributed by atoms with van der Waals surface area (Å²) in [6, 6.07) is 6.23. The van der Waals surface area contributed by atoms with Gasteiger partial charge in [0.1, 0.15) is 5.75 Å². The Hall–Kier alpha value is -1.06. The highest BCUT2D eigenvalue weighted by Crippen LogP contribution is 2.44. The first-order valence-electron chi connectivity index (χ1n) is 11.0. The van der Waals surface area contributed by atoms with Crippen molar-refractivity contribution in [3.05, 3.63) is 29.3 Å². The first kappa shape index (κ1) is 22.2. The van der Waals surface area contributed by atoms with Gasteiger partial charge in [-0.15, -0.1) is 0 Å².